The van der Waals surface area contributed by atoms with Gasteiger partial charge in [-0.2, -0.15) is 0 Å². The Bertz CT molecular complexity index is 173. The van der Waals surface area contributed by atoms with Crippen molar-refractivity contribution < 1.29 is 0 Å². The molecule has 15 heavy (non-hydrogen) atoms. The summed E-state index contributed by atoms with van der Waals surface area (Å²) in [4.78, 5) is 0. The SMILES string of the molecule is NC1CCC(CNC2CCCCCC2)C1. The van der Waals surface area contributed by atoms with E-state index in [0.29, 0.717) is 6.04 Å². The molecule has 0 aromatic heterocycles. The quantitative estimate of drug-likeness (QED) is 0.702. The predicted octanol–water partition coefficient (Wildman–Crippen LogP) is 2.43. The van der Waals surface area contributed by atoms with Crippen LogP contribution in [0.15, 0.2) is 0 Å². The van der Waals surface area contributed by atoms with Crippen LogP contribution in [0.25, 0.3) is 0 Å². The van der Waals surface area contributed by atoms with Crippen LogP contribution in [0, 0.1) is 5.92 Å². The van der Waals surface area contributed by atoms with Crippen LogP contribution in [0.1, 0.15) is 57.8 Å². The molecule has 88 valence electrons. The average Bonchev–Trinajstić information content (AvgIpc) is 2.52. The minimum atomic E-state index is 0.492. The highest BCUT2D eigenvalue weighted by molar-refractivity contribution is 4.81. The standard InChI is InChI=1S/C13H26N2/c14-12-8-7-11(9-12)10-15-13-5-3-1-2-4-6-13/h11-13,15H,1-10,14H2. The van der Waals surface area contributed by atoms with Gasteiger partial charge < -0.3 is 11.1 Å². The third-order valence-electron chi connectivity index (χ3n) is 4.13. The molecule has 2 unspecified atom stereocenters. The highest BCUT2D eigenvalue weighted by atomic mass is 14.9. The summed E-state index contributed by atoms with van der Waals surface area (Å²) < 4.78 is 0. The van der Waals surface area contributed by atoms with E-state index in [1.807, 2.05) is 0 Å². The fourth-order valence-corrected chi connectivity index (χ4v) is 3.12. The van der Waals surface area contributed by atoms with E-state index in [1.54, 1.807) is 0 Å². The Hall–Kier alpha value is -0.0800. The molecule has 0 spiro atoms. The maximum absolute atomic E-state index is 5.93. The van der Waals surface area contributed by atoms with Crippen LogP contribution in [0.4, 0.5) is 0 Å². The molecule has 3 N–H and O–H groups in total. The van der Waals surface area contributed by atoms with Crippen LogP contribution in [-0.4, -0.2) is 18.6 Å². The van der Waals surface area contributed by atoms with Gasteiger partial charge in [0.2, 0.25) is 0 Å². The summed E-state index contributed by atoms with van der Waals surface area (Å²) >= 11 is 0. The first-order valence-electron chi connectivity index (χ1n) is 6.83. The molecule has 0 saturated heterocycles. The average molecular weight is 210 g/mol. The molecule has 2 saturated carbocycles. The summed E-state index contributed by atoms with van der Waals surface area (Å²) in [5.74, 6) is 0.864. The second-order valence-electron chi connectivity index (χ2n) is 5.54. The monoisotopic (exact) mass is 210 g/mol. The summed E-state index contributed by atoms with van der Waals surface area (Å²) in [5, 5.41) is 3.77. The molecule has 2 aliphatic rings. The first-order chi connectivity index (χ1) is 7.34. The molecule has 0 heterocycles. The Morgan fingerprint density at radius 1 is 0.933 bits per heavy atom. The zero-order valence-electron chi connectivity index (χ0n) is 9.88. The minimum Gasteiger partial charge on any atom is -0.328 e. The van der Waals surface area contributed by atoms with Crippen molar-refractivity contribution >= 4 is 0 Å². The third kappa shape index (κ3) is 3.76. The lowest BCUT2D eigenvalue weighted by molar-refractivity contribution is 0.400. The Labute approximate surface area is 94.0 Å². The molecule has 2 nitrogen and oxygen atoms in total. The van der Waals surface area contributed by atoms with Crippen LogP contribution in [0.2, 0.25) is 0 Å². The molecule has 0 aromatic rings. The molecule has 0 bridgehead atoms. The van der Waals surface area contributed by atoms with Gasteiger partial charge in [0, 0.05) is 12.1 Å². The van der Waals surface area contributed by atoms with Crippen molar-refractivity contribution in [1.82, 2.24) is 5.32 Å². The van der Waals surface area contributed by atoms with Crippen LogP contribution < -0.4 is 11.1 Å². The van der Waals surface area contributed by atoms with Crippen molar-refractivity contribution in [2.45, 2.75) is 69.9 Å². The lowest BCUT2D eigenvalue weighted by atomic mass is 10.1. The molecule has 2 atom stereocenters. The van der Waals surface area contributed by atoms with Gasteiger partial charge in [0.05, 0.1) is 0 Å². The number of nitrogens with two attached hydrogens (primary N) is 1. The minimum absolute atomic E-state index is 0.492. The predicted molar refractivity (Wildman–Crippen MR) is 64.8 cm³/mol. The zero-order chi connectivity index (χ0) is 10.5. The normalized spacial score (nSPS) is 34.2. The maximum atomic E-state index is 5.93. The second kappa shape index (κ2) is 5.86. The molecule has 0 aliphatic heterocycles. The molecule has 0 amide bonds. The zero-order valence-corrected chi connectivity index (χ0v) is 9.88. The summed E-state index contributed by atoms with van der Waals surface area (Å²) in [6.07, 6.45) is 12.4. The van der Waals surface area contributed by atoms with E-state index in [1.165, 1.54) is 64.3 Å². The van der Waals surface area contributed by atoms with Gasteiger partial charge in [0.25, 0.3) is 0 Å². The van der Waals surface area contributed by atoms with Crippen molar-refractivity contribution in [2.24, 2.45) is 11.7 Å². The largest absolute Gasteiger partial charge is 0.328 e. The van der Waals surface area contributed by atoms with Crippen LogP contribution in [0.3, 0.4) is 0 Å². The Morgan fingerprint density at radius 2 is 1.67 bits per heavy atom. The lowest BCUT2D eigenvalue weighted by Gasteiger charge is -2.19. The topological polar surface area (TPSA) is 38.0 Å². The Morgan fingerprint density at radius 3 is 2.27 bits per heavy atom. The van der Waals surface area contributed by atoms with Gasteiger partial charge in [0.1, 0.15) is 0 Å². The van der Waals surface area contributed by atoms with E-state index in [2.05, 4.69) is 5.32 Å². The lowest BCUT2D eigenvalue weighted by Crippen LogP contribution is -2.32. The van der Waals surface area contributed by atoms with E-state index >= 15 is 0 Å². The number of hydrogen-bond donors (Lipinski definition) is 2. The van der Waals surface area contributed by atoms with Crippen molar-refractivity contribution in [3.05, 3.63) is 0 Å². The summed E-state index contributed by atoms with van der Waals surface area (Å²) in [6, 6.07) is 1.30. The van der Waals surface area contributed by atoms with Gasteiger partial charge in [-0.1, -0.05) is 25.7 Å². The van der Waals surface area contributed by atoms with E-state index in [0.717, 1.165) is 12.0 Å². The van der Waals surface area contributed by atoms with Gasteiger partial charge in [-0.05, 0) is 44.6 Å². The Balaban J connectivity index is 1.63. The van der Waals surface area contributed by atoms with E-state index in [-0.39, 0.29) is 0 Å². The molecule has 2 rings (SSSR count). The molecular formula is C13H26N2. The van der Waals surface area contributed by atoms with Crippen molar-refractivity contribution in [3.8, 4) is 0 Å². The van der Waals surface area contributed by atoms with Gasteiger partial charge in [-0.3, -0.25) is 0 Å². The molecular weight excluding hydrogens is 184 g/mol. The molecule has 2 heteroatoms. The van der Waals surface area contributed by atoms with E-state index in [4.69, 9.17) is 5.73 Å². The molecule has 2 fully saturated rings. The van der Waals surface area contributed by atoms with Gasteiger partial charge in [-0.15, -0.1) is 0 Å². The van der Waals surface area contributed by atoms with Gasteiger partial charge >= 0.3 is 0 Å². The second-order valence-corrected chi connectivity index (χ2v) is 5.54. The van der Waals surface area contributed by atoms with Crippen molar-refractivity contribution in [1.29, 1.82) is 0 Å². The first kappa shape index (κ1) is 11.4. The third-order valence-corrected chi connectivity index (χ3v) is 4.13. The summed E-state index contributed by atoms with van der Waals surface area (Å²) in [5.41, 5.74) is 5.93. The number of hydrogen-bond acceptors (Lipinski definition) is 2. The van der Waals surface area contributed by atoms with Crippen LogP contribution in [-0.2, 0) is 0 Å². The Kier molecular flexibility index (Phi) is 4.45. The molecule has 0 aromatic carbocycles. The highest BCUT2D eigenvalue weighted by Gasteiger charge is 2.22. The smallest absolute Gasteiger partial charge is 0.00671 e. The molecule has 2 aliphatic carbocycles. The summed E-state index contributed by atoms with van der Waals surface area (Å²) in [7, 11) is 0. The number of rotatable bonds is 3. The van der Waals surface area contributed by atoms with Gasteiger partial charge in [0.15, 0.2) is 0 Å². The van der Waals surface area contributed by atoms with Crippen molar-refractivity contribution in [2.75, 3.05) is 6.54 Å². The van der Waals surface area contributed by atoms with Gasteiger partial charge in [-0.25, -0.2) is 0 Å². The van der Waals surface area contributed by atoms with E-state index in [9.17, 15) is 0 Å². The first-order valence-corrected chi connectivity index (χ1v) is 6.83. The van der Waals surface area contributed by atoms with E-state index < -0.39 is 0 Å². The fraction of sp³-hybridized carbons (Fsp3) is 1.00. The maximum Gasteiger partial charge on any atom is 0.00671 e. The molecule has 0 radical (unpaired) electrons. The van der Waals surface area contributed by atoms with Crippen molar-refractivity contribution in [3.63, 3.8) is 0 Å². The highest BCUT2D eigenvalue weighted by Crippen LogP contribution is 2.24. The fourth-order valence-electron chi connectivity index (χ4n) is 3.12. The van der Waals surface area contributed by atoms with Crippen LogP contribution >= 0.6 is 0 Å². The number of nitrogens with one attached hydrogen (secondary N) is 1. The summed E-state index contributed by atoms with van der Waals surface area (Å²) in [6.45, 7) is 1.22. The van der Waals surface area contributed by atoms with Crippen LogP contribution in [0.5, 0.6) is 0 Å².